The van der Waals surface area contributed by atoms with Gasteiger partial charge in [-0.1, -0.05) is 6.07 Å². The number of hydrogen-bond acceptors (Lipinski definition) is 5. The molecule has 0 unspecified atom stereocenters. The lowest BCUT2D eigenvalue weighted by atomic mass is 10.2. The van der Waals surface area contributed by atoms with Crippen LogP contribution in [0.25, 0.3) is 11.3 Å². The minimum Gasteiger partial charge on any atom is -0.441 e. The first kappa shape index (κ1) is 15.0. The zero-order valence-corrected chi connectivity index (χ0v) is 13.4. The molecule has 0 fully saturated rings. The fourth-order valence-electron chi connectivity index (χ4n) is 1.96. The van der Waals surface area contributed by atoms with E-state index in [0.29, 0.717) is 18.2 Å². The summed E-state index contributed by atoms with van der Waals surface area (Å²) in [5, 5.41) is 1.91. The molecule has 1 N–H and O–H groups in total. The average Bonchev–Trinajstić information content (AvgIpc) is 3.17. The fraction of sp³-hybridized carbons (Fsp3) is 0.133. The van der Waals surface area contributed by atoms with Crippen LogP contribution in [0.15, 0.2) is 57.3 Å². The molecule has 0 spiro atoms. The Hall–Kier alpha value is -1.96. The molecule has 0 bridgehead atoms. The SMILES string of the molecule is Cc1ncc(-c2ccc(S(=O)(=O)NCc3cccs3)cc2)o1. The van der Waals surface area contributed by atoms with Gasteiger partial charge in [-0.05, 0) is 35.7 Å². The minimum atomic E-state index is -3.52. The second-order valence-electron chi connectivity index (χ2n) is 4.67. The predicted molar refractivity (Wildman–Crippen MR) is 85.0 cm³/mol. The van der Waals surface area contributed by atoms with Crippen molar-refractivity contribution in [1.29, 1.82) is 0 Å². The monoisotopic (exact) mass is 334 g/mol. The van der Waals surface area contributed by atoms with E-state index in [4.69, 9.17) is 4.42 Å². The average molecular weight is 334 g/mol. The molecule has 0 radical (unpaired) electrons. The molecule has 3 aromatic rings. The quantitative estimate of drug-likeness (QED) is 0.778. The molecule has 22 heavy (non-hydrogen) atoms. The molecule has 0 aliphatic rings. The lowest BCUT2D eigenvalue weighted by Crippen LogP contribution is -2.22. The van der Waals surface area contributed by atoms with E-state index in [1.165, 1.54) is 11.3 Å². The van der Waals surface area contributed by atoms with Crippen molar-refractivity contribution in [3.05, 3.63) is 58.7 Å². The van der Waals surface area contributed by atoms with E-state index in [-0.39, 0.29) is 4.90 Å². The Kier molecular flexibility index (Phi) is 4.10. The van der Waals surface area contributed by atoms with Gasteiger partial charge in [0.2, 0.25) is 10.0 Å². The third-order valence-electron chi connectivity index (χ3n) is 3.09. The zero-order valence-electron chi connectivity index (χ0n) is 11.8. The Labute approximate surface area is 132 Å². The van der Waals surface area contributed by atoms with Gasteiger partial charge in [0.1, 0.15) is 0 Å². The maximum atomic E-state index is 12.2. The molecule has 0 aliphatic heterocycles. The van der Waals surface area contributed by atoms with Gasteiger partial charge in [0, 0.05) is 23.9 Å². The molecule has 114 valence electrons. The second-order valence-corrected chi connectivity index (χ2v) is 7.47. The summed E-state index contributed by atoms with van der Waals surface area (Å²) in [6.07, 6.45) is 1.62. The van der Waals surface area contributed by atoms with Gasteiger partial charge in [0.05, 0.1) is 11.1 Å². The Balaban J connectivity index is 1.76. The van der Waals surface area contributed by atoms with E-state index in [2.05, 4.69) is 9.71 Å². The van der Waals surface area contributed by atoms with Gasteiger partial charge >= 0.3 is 0 Å². The number of rotatable bonds is 5. The van der Waals surface area contributed by atoms with Crippen molar-refractivity contribution in [3.8, 4) is 11.3 Å². The standard InChI is InChI=1S/C15H14N2O3S2/c1-11-16-10-15(20-11)12-4-6-14(7-5-12)22(18,19)17-9-13-3-2-8-21-13/h2-8,10,17H,9H2,1H3. The Morgan fingerprint density at radius 2 is 2.00 bits per heavy atom. The first-order valence-electron chi connectivity index (χ1n) is 6.59. The van der Waals surface area contributed by atoms with Crippen LogP contribution in [0.3, 0.4) is 0 Å². The van der Waals surface area contributed by atoms with E-state index in [0.717, 1.165) is 10.4 Å². The zero-order chi connectivity index (χ0) is 15.6. The van der Waals surface area contributed by atoms with Gasteiger partial charge in [-0.25, -0.2) is 18.1 Å². The number of hydrogen-bond donors (Lipinski definition) is 1. The van der Waals surface area contributed by atoms with Crippen LogP contribution >= 0.6 is 11.3 Å². The first-order chi connectivity index (χ1) is 10.5. The van der Waals surface area contributed by atoms with Gasteiger partial charge in [-0.15, -0.1) is 11.3 Å². The molecule has 7 heteroatoms. The molecule has 0 saturated heterocycles. The van der Waals surface area contributed by atoms with E-state index in [9.17, 15) is 8.42 Å². The highest BCUT2D eigenvalue weighted by atomic mass is 32.2. The maximum Gasteiger partial charge on any atom is 0.240 e. The lowest BCUT2D eigenvalue weighted by molar-refractivity contribution is 0.534. The molecule has 2 heterocycles. The van der Waals surface area contributed by atoms with Crippen molar-refractivity contribution in [2.24, 2.45) is 0 Å². The van der Waals surface area contributed by atoms with E-state index >= 15 is 0 Å². The van der Waals surface area contributed by atoms with E-state index < -0.39 is 10.0 Å². The molecule has 2 aromatic heterocycles. The molecule has 0 saturated carbocycles. The van der Waals surface area contributed by atoms with Crippen molar-refractivity contribution in [3.63, 3.8) is 0 Å². The van der Waals surface area contributed by atoms with Crippen LogP contribution in [0, 0.1) is 6.92 Å². The summed E-state index contributed by atoms with van der Waals surface area (Å²) in [6, 6.07) is 10.3. The summed E-state index contributed by atoms with van der Waals surface area (Å²) in [7, 11) is -3.52. The summed E-state index contributed by atoms with van der Waals surface area (Å²) in [6.45, 7) is 2.06. The number of nitrogens with zero attached hydrogens (tertiary/aromatic N) is 1. The van der Waals surface area contributed by atoms with Crippen LogP contribution in [-0.2, 0) is 16.6 Å². The van der Waals surface area contributed by atoms with Gasteiger partial charge < -0.3 is 4.42 Å². The van der Waals surface area contributed by atoms with Gasteiger partial charge in [0.25, 0.3) is 0 Å². The van der Waals surface area contributed by atoms with Crippen molar-refractivity contribution < 1.29 is 12.8 Å². The van der Waals surface area contributed by atoms with Gasteiger partial charge in [0.15, 0.2) is 11.7 Å². The molecule has 0 atom stereocenters. The molecule has 0 aliphatic carbocycles. The number of thiophene rings is 1. The smallest absolute Gasteiger partial charge is 0.240 e. The normalized spacial score (nSPS) is 11.7. The van der Waals surface area contributed by atoms with Crippen molar-refractivity contribution in [1.82, 2.24) is 9.71 Å². The number of benzene rings is 1. The van der Waals surface area contributed by atoms with Crippen LogP contribution in [0.1, 0.15) is 10.8 Å². The van der Waals surface area contributed by atoms with Crippen molar-refractivity contribution >= 4 is 21.4 Å². The first-order valence-corrected chi connectivity index (χ1v) is 8.96. The lowest BCUT2D eigenvalue weighted by Gasteiger charge is -2.06. The van der Waals surface area contributed by atoms with E-state index in [1.54, 1.807) is 37.4 Å². The van der Waals surface area contributed by atoms with Gasteiger partial charge in [-0.3, -0.25) is 0 Å². The number of oxazole rings is 1. The Morgan fingerprint density at radius 1 is 1.23 bits per heavy atom. The Bertz CT molecular complexity index is 851. The number of aromatic nitrogens is 1. The van der Waals surface area contributed by atoms with Gasteiger partial charge in [-0.2, -0.15) is 0 Å². The number of sulfonamides is 1. The fourth-order valence-corrected chi connectivity index (χ4v) is 3.70. The van der Waals surface area contributed by atoms with Crippen LogP contribution in [0.5, 0.6) is 0 Å². The number of aryl methyl sites for hydroxylation is 1. The third kappa shape index (κ3) is 3.27. The molecule has 0 amide bonds. The minimum absolute atomic E-state index is 0.226. The topological polar surface area (TPSA) is 72.2 Å². The maximum absolute atomic E-state index is 12.2. The summed E-state index contributed by atoms with van der Waals surface area (Å²) >= 11 is 1.51. The summed E-state index contributed by atoms with van der Waals surface area (Å²) in [5.41, 5.74) is 0.790. The summed E-state index contributed by atoms with van der Waals surface area (Å²) < 4.78 is 32.5. The molecular weight excluding hydrogens is 320 g/mol. The molecular formula is C15H14N2O3S2. The largest absolute Gasteiger partial charge is 0.441 e. The summed E-state index contributed by atoms with van der Waals surface area (Å²) in [4.78, 5) is 5.22. The highest BCUT2D eigenvalue weighted by Gasteiger charge is 2.14. The summed E-state index contributed by atoms with van der Waals surface area (Å²) in [5.74, 6) is 1.19. The molecule has 5 nitrogen and oxygen atoms in total. The van der Waals surface area contributed by atoms with Crippen LogP contribution in [0.4, 0.5) is 0 Å². The highest BCUT2D eigenvalue weighted by Crippen LogP contribution is 2.22. The van der Waals surface area contributed by atoms with Crippen LogP contribution < -0.4 is 4.72 Å². The Morgan fingerprint density at radius 3 is 2.59 bits per heavy atom. The third-order valence-corrected chi connectivity index (χ3v) is 5.38. The molecule has 3 rings (SSSR count). The van der Waals surface area contributed by atoms with Crippen LogP contribution in [-0.4, -0.2) is 13.4 Å². The van der Waals surface area contributed by atoms with Crippen molar-refractivity contribution in [2.75, 3.05) is 0 Å². The second kappa shape index (κ2) is 6.04. The number of nitrogens with one attached hydrogen (secondary N) is 1. The van der Waals surface area contributed by atoms with Crippen LogP contribution in [0.2, 0.25) is 0 Å². The van der Waals surface area contributed by atoms with E-state index in [1.807, 2.05) is 17.5 Å². The molecule has 1 aromatic carbocycles. The predicted octanol–water partition coefficient (Wildman–Crippen LogP) is 3.19. The highest BCUT2D eigenvalue weighted by molar-refractivity contribution is 7.89. The van der Waals surface area contributed by atoms with Crippen molar-refractivity contribution in [2.45, 2.75) is 18.4 Å².